The summed E-state index contributed by atoms with van der Waals surface area (Å²) in [5, 5.41) is 0. The smallest absolute Gasteiger partial charge is 0.138 e. The Balaban J connectivity index is 1.61. The van der Waals surface area contributed by atoms with E-state index in [9.17, 15) is 9.59 Å². The molecule has 2 heteroatoms. The molecule has 3 saturated carbocycles. The number of aldehydes is 1. The molecule has 0 aromatic heterocycles. The number of carbonyl (C=O) groups excluding carboxylic acids is 2. The van der Waals surface area contributed by atoms with Crippen LogP contribution in [0, 0.1) is 44.3 Å². The van der Waals surface area contributed by atoms with Crippen LogP contribution < -0.4 is 0 Å². The van der Waals surface area contributed by atoms with Crippen LogP contribution in [0.5, 0.6) is 0 Å². The normalized spacial score (nSPS) is 51.9. The van der Waals surface area contributed by atoms with E-state index in [0.717, 1.165) is 38.5 Å². The third kappa shape index (κ3) is 2.59. The average Bonchev–Trinajstić information content (AvgIpc) is 2.74. The van der Waals surface area contributed by atoms with Gasteiger partial charge in [0.2, 0.25) is 0 Å². The third-order valence-electron chi connectivity index (χ3n) is 12.3. The lowest BCUT2D eigenvalue weighted by Gasteiger charge is -2.68. The van der Waals surface area contributed by atoms with E-state index in [4.69, 9.17) is 0 Å². The van der Waals surface area contributed by atoms with Crippen LogP contribution in [0.25, 0.3) is 0 Å². The molecule has 0 unspecified atom stereocenters. The maximum atomic E-state index is 12.8. The molecule has 0 bridgehead atoms. The van der Waals surface area contributed by atoms with Crippen molar-refractivity contribution in [1.29, 1.82) is 0 Å². The number of rotatable bonds is 1. The van der Waals surface area contributed by atoms with E-state index in [1.54, 1.807) is 11.1 Å². The van der Waals surface area contributed by atoms with E-state index in [-0.39, 0.29) is 27.1 Å². The van der Waals surface area contributed by atoms with Crippen molar-refractivity contribution in [2.24, 2.45) is 44.3 Å². The fourth-order valence-electron chi connectivity index (χ4n) is 9.55. The summed E-state index contributed by atoms with van der Waals surface area (Å²) in [6.07, 6.45) is 16.1. The van der Waals surface area contributed by atoms with Gasteiger partial charge in [-0.15, -0.1) is 0 Å². The number of fused-ring (bicyclic) bond motifs is 7. The molecule has 5 aliphatic rings. The zero-order valence-corrected chi connectivity index (χ0v) is 21.6. The number of ketones is 1. The Morgan fingerprint density at radius 3 is 2.22 bits per heavy atom. The minimum absolute atomic E-state index is 0.108. The van der Waals surface area contributed by atoms with Crippen LogP contribution in [0.4, 0.5) is 0 Å². The van der Waals surface area contributed by atoms with E-state index in [0.29, 0.717) is 23.0 Å². The maximum Gasteiger partial charge on any atom is 0.138 e. The summed E-state index contributed by atoms with van der Waals surface area (Å²) < 4.78 is 0. The van der Waals surface area contributed by atoms with Crippen LogP contribution in [0.3, 0.4) is 0 Å². The van der Waals surface area contributed by atoms with Gasteiger partial charge in [-0.05, 0) is 96.0 Å². The molecule has 0 aromatic carbocycles. The van der Waals surface area contributed by atoms with Crippen LogP contribution in [0.2, 0.25) is 0 Å². The summed E-state index contributed by atoms with van der Waals surface area (Å²) in [5.41, 5.74) is 3.58. The minimum Gasteiger partial charge on any atom is -0.303 e. The van der Waals surface area contributed by atoms with Gasteiger partial charge < -0.3 is 4.79 Å². The quantitative estimate of drug-likeness (QED) is 0.399. The Morgan fingerprint density at radius 2 is 1.53 bits per heavy atom. The largest absolute Gasteiger partial charge is 0.303 e. The van der Waals surface area contributed by atoms with Crippen molar-refractivity contribution in [3.8, 4) is 0 Å². The predicted octanol–water partition coefficient (Wildman–Crippen LogP) is 7.48. The van der Waals surface area contributed by atoms with E-state index in [1.165, 1.54) is 25.5 Å². The first kappa shape index (κ1) is 22.6. The van der Waals surface area contributed by atoms with Crippen molar-refractivity contribution in [2.75, 3.05) is 0 Å². The highest BCUT2D eigenvalue weighted by Crippen LogP contribution is 2.74. The molecular formula is C30H44O2. The zero-order valence-electron chi connectivity index (χ0n) is 21.6. The molecule has 176 valence electrons. The topological polar surface area (TPSA) is 34.1 Å². The molecule has 5 aliphatic carbocycles. The van der Waals surface area contributed by atoms with Crippen LogP contribution >= 0.6 is 0 Å². The van der Waals surface area contributed by atoms with E-state index in [1.807, 2.05) is 0 Å². The van der Waals surface area contributed by atoms with Crippen molar-refractivity contribution in [3.63, 3.8) is 0 Å². The summed E-state index contributed by atoms with van der Waals surface area (Å²) in [6, 6.07) is 0. The first-order chi connectivity index (χ1) is 14.8. The maximum absolute atomic E-state index is 12.8. The summed E-state index contributed by atoms with van der Waals surface area (Å²) >= 11 is 0. The molecule has 0 saturated heterocycles. The van der Waals surface area contributed by atoms with Crippen LogP contribution in [-0.4, -0.2) is 12.1 Å². The standard InChI is InChI=1S/C30H44O2/c1-25(2)22-9-8-21-20(28(22,5)12-11-24(25)32)10-13-30(7)23-18-26(3,19-31)14-15-27(23,4)16-17-29(21,30)6/h8,10,19,22-23H,9,11-18H2,1-7H3/t22-,23+,26+,27+,28+,29+,30-/m0/s1. The fraction of sp³-hybridized carbons (Fsp3) is 0.800. The Morgan fingerprint density at radius 1 is 0.844 bits per heavy atom. The fourth-order valence-corrected chi connectivity index (χ4v) is 9.55. The monoisotopic (exact) mass is 436 g/mol. The predicted molar refractivity (Wildman–Crippen MR) is 130 cm³/mol. The molecular weight excluding hydrogens is 392 g/mol. The Kier molecular flexibility index (Phi) is 4.58. The van der Waals surface area contributed by atoms with Crippen LogP contribution in [0.15, 0.2) is 23.3 Å². The van der Waals surface area contributed by atoms with Gasteiger partial charge in [-0.3, -0.25) is 4.79 Å². The lowest BCUT2D eigenvalue weighted by Crippen LogP contribution is -2.60. The van der Waals surface area contributed by atoms with E-state index in [2.05, 4.69) is 60.6 Å². The lowest BCUT2D eigenvalue weighted by molar-refractivity contribution is -0.151. The summed E-state index contributed by atoms with van der Waals surface area (Å²) in [6.45, 7) is 16.7. The number of hydrogen-bond donors (Lipinski definition) is 0. The van der Waals surface area contributed by atoms with E-state index >= 15 is 0 Å². The van der Waals surface area contributed by atoms with Gasteiger partial charge in [-0.25, -0.2) is 0 Å². The van der Waals surface area contributed by atoms with Crippen LogP contribution in [-0.2, 0) is 9.59 Å². The molecule has 0 heterocycles. The highest BCUT2D eigenvalue weighted by molar-refractivity contribution is 5.86. The molecule has 7 atom stereocenters. The van der Waals surface area contributed by atoms with Gasteiger partial charge >= 0.3 is 0 Å². The molecule has 5 rings (SSSR count). The van der Waals surface area contributed by atoms with E-state index < -0.39 is 0 Å². The van der Waals surface area contributed by atoms with Crippen LogP contribution in [0.1, 0.15) is 106 Å². The summed E-state index contributed by atoms with van der Waals surface area (Å²) in [7, 11) is 0. The van der Waals surface area contributed by atoms with Crippen molar-refractivity contribution in [3.05, 3.63) is 23.3 Å². The second-order valence-electron chi connectivity index (χ2n) is 14.2. The van der Waals surface area contributed by atoms with Gasteiger partial charge in [-0.2, -0.15) is 0 Å². The molecule has 0 amide bonds. The summed E-state index contributed by atoms with van der Waals surface area (Å²) in [5.74, 6) is 1.43. The Bertz CT molecular complexity index is 938. The molecule has 32 heavy (non-hydrogen) atoms. The lowest BCUT2D eigenvalue weighted by atomic mass is 9.36. The summed E-state index contributed by atoms with van der Waals surface area (Å²) in [4.78, 5) is 24.9. The Hall–Kier alpha value is -1.18. The first-order valence-corrected chi connectivity index (χ1v) is 13.2. The van der Waals surface area contributed by atoms with Crippen molar-refractivity contribution < 1.29 is 9.59 Å². The second-order valence-corrected chi connectivity index (χ2v) is 14.2. The molecule has 2 nitrogen and oxygen atoms in total. The molecule has 3 fully saturated rings. The van der Waals surface area contributed by atoms with Crippen molar-refractivity contribution in [2.45, 2.75) is 106 Å². The minimum atomic E-state index is -0.238. The molecule has 0 aromatic rings. The Labute approximate surface area is 195 Å². The van der Waals surface area contributed by atoms with Gasteiger partial charge in [-0.1, -0.05) is 60.6 Å². The molecule has 0 radical (unpaired) electrons. The average molecular weight is 437 g/mol. The van der Waals surface area contributed by atoms with Gasteiger partial charge in [0, 0.05) is 17.3 Å². The van der Waals surface area contributed by atoms with Crippen molar-refractivity contribution >= 4 is 12.1 Å². The number of Topliss-reactive ketones (excluding diaryl/α,β-unsaturated/α-hetero) is 1. The zero-order chi connectivity index (χ0) is 23.4. The molecule has 0 spiro atoms. The highest BCUT2D eigenvalue weighted by atomic mass is 16.1. The first-order valence-electron chi connectivity index (χ1n) is 13.2. The van der Waals surface area contributed by atoms with Gasteiger partial charge in [0.25, 0.3) is 0 Å². The third-order valence-corrected chi connectivity index (χ3v) is 12.3. The van der Waals surface area contributed by atoms with Crippen molar-refractivity contribution in [1.82, 2.24) is 0 Å². The molecule has 0 N–H and O–H groups in total. The van der Waals surface area contributed by atoms with Gasteiger partial charge in [0.05, 0.1) is 0 Å². The second kappa shape index (κ2) is 6.48. The van der Waals surface area contributed by atoms with Gasteiger partial charge in [0.1, 0.15) is 12.1 Å². The number of carbonyl (C=O) groups is 2. The van der Waals surface area contributed by atoms with Gasteiger partial charge in [0.15, 0.2) is 0 Å². The number of hydrogen-bond acceptors (Lipinski definition) is 2. The SMILES string of the molecule is CC1(C)C(=O)CC[C@]2(C)C3=CC[C@@]4(C)[C@@H]5C[C@](C)(C=O)CC[C@]5(C)CC[C@]4(C)C3=CC[C@@H]12. The molecule has 0 aliphatic heterocycles. The number of allylic oxidation sites excluding steroid dienone is 4. The highest BCUT2D eigenvalue weighted by Gasteiger charge is 2.65.